The predicted molar refractivity (Wildman–Crippen MR) is 336 cm³/mol. The van der Waals surface area contributed by atoms with E-state index < -0.39 is 10.8 Å². The molecular weight excluding hydrogens is 1000 g/mol. The zero-order valence-corrected chi connectivity index (χ0v) is 46.5. The van der Waals surface area contributed by atoms with E-state index in [4.69, 9.17) is 18.9 Å². The number of rotatable bonds is 6. The molecule has 6 aliphatic rings. The Morgan fingerprint density at radius 2 is 0.866 bits per heavy atom. The number of ether oxygens (including phenoxy) is 4. The summed E-state index contributed by atoms with van der Waals surface area (Å²) in [5, 5.41) is 0. The summed E-state index contributed by atoms with van der Waals surface area (Å²) in [5.74, 6) is 6.74. The van der Waals surface area contributed by atoms with E-state index in [1.807, 2.05) is 60.7 Å². The zero-order chi connectivity index (χ0) is 54.9. The van der Waals surface area contributed by atoms with E-state index in [0.717, 1.165) is 96.4 Å². The van der Waals surface area contributed by atoms with E-state index in [1.54, 1.807) is 0 Å². The van der Waals surface area contributed by atoms with Gasteiger partial charge in [-0.2, -0.15) is 0 Å². The van der Waals surface area contributed by atoms with Crippen LogP contribution in [0.4, 0.5) is 34.1 Å². The summed E-state index contributed by atoms with van der Waals surface area (Å²) in [7, 11) is 0. The highest BCUT2D eigenvalue weighted by Crippen LogP contribution is 2.60. The van der Waals surface area contributed by atoms with Crippen LogP contribution in [0.25, 0.3) is 22.3 Å². The second-order valence-corrected chi connectivity index (χ2v) is 23.9. The first-order valence-electron chi connectivity index (χ1n) is 28.6. The van der Waals surface area contributed by atoms with Gasteiger partial charge >= 0.3 is 0 Å². The summed E-state index contributed by atoms with van der Waals surface area (Å²) >= 11 is 0. The van der Waals surface area contributed by atoms with Crippen LogP contribution in [0.1, 0.15) is 61.1 Å². The van der Waals surface area contributed by atoms with Crippen molar-refractivity contribution in [3.63, 3.8) is 0 Å². The second-order valence-electron chi connectivity index (χ2n) is 23.9. The van der Waals surface area contributed by atoms with Gasteiger partial charge in [-0.3, -0.25) is 0 Å². The van der Waals surface area contributed by atoms with Crippen molar-refractivity contribution in [2.45, 2.75) is 52.4 Å². The topological polar surface area (TPSA) is 43.4 Å². The maximum absolute atomic E-state index is 7.70. The van der Waals surface area contributed by atoms with Crippen LogP contribution in [0.15, 0.2) is 218 Å². The lowest BCUT2D eigenvalue weighted by Gasteiger charge is -2.48. The largest absolute Gasteiger partial charge is 0.458 e. The van der Waals surface area contributed by atoms with Crippen molar-refractivity contribution in [3.05, 3.63) is 252 Å². The monoisotopic (exact) mass is 1060 g/mol. The van der Waals surface area contributed by atoms with E-state index in [9.17, 15) is 0 Å². The molecule has 0 atom stereocenters. The molecule has 4 aliphatic heterocycles. The van der Waals surface area contributed by atoms with Gasteiger partial charge in [-0.25, -0.2) is 0 Å². The third-order valence-electron chi connectivity index (χ3n) is 18.7. The summed E-state index contributed by atoms with van der Waals surface area (Å²) in [6.45, 7) is 13.8. The third-order valence-corrected chi connectivity index (χ3v) is 18.7. The standard InChI is InChI=1S/C74H54B2N2O4/c1-43-65-69(44(2)71-66(43)76-58-32-20-22-34-61(58)81-72-64-54(42-62(82-71)68(72)76)52-38-36-50(40-56(52)74(64,5)6)80-48-29-17-10-18-30-48)78(46-25-13-8-14-26-46)60-41-53-51-37-35-49(79-47-27-15-9-16-28-47)39-55(51)73(3,4)63(53)70-67(60)75(65)57-31-19-21-33-59(57)77(70)45-23-11-7-12-24-45/h7-42H,1-6H3. The summed E-state index contributed by atoms with van der Waals surface area (Å²) in [5.41, 5.74) is 25.3. The first-order chi connectivity index (χ1) is 40.0. The zero-order valence-electron chi connectivity index (χ0n) is 46.5. The maximum atomic E-state index is 7.70. The molecule has 0 saturated heterocycles. The van der Waals surface area contributed by atoms with Crippen molar-refractivity contribution in [1.29, 1.82) is 0 Å². The van der Waals surface area contributed by atoms with Crippen LogP contribution in [0.5, 0.6) is 46.0 Å². The average Bonchev–Trinajstić information content (AvgIpc) is 3.05. The Kier molecular flexibility index (Phi) is 9.75. The quantitative estimate of drug-likeness (QED) is 0.155. The summed E-state index contributed by atoms with van der Waals surface area (Å²) < 4.78 is 28.1. The fourth-order valence-corrected chi connectivity index (χ4v) is 15.3. The van der Waals surface area contributed by atoms with E-state index >= 15 is 0 Å². The van der Waals surface area contributed by atoms with Gasteiger partial charge < -0.3 is 28.7 Å². The van der Waals surface area contributed by atoms with E-state index in [1.165, 1.54) is 72.2 Å². The van der Waals surface area contributed by atoms with Crippen molar-refractivity contribution in [1.82, 2.24) is 0 Å². The second kappa shape index (κ2) is 16.9. The number of fused-ring (bicyclic) bond motifs is 16. The lowest BCUT2D eigenvalue weighted by atomic mass is 9.29. The summed E-state index contributed by atoms with van der Waals surface area (Å²) in [6.07, 6.45) is 0. The third kappa shape index (κ3) is 6.38. The molecule has 82 heavy (non-hydrogen) atoms. The summed E-state index contributed by atoms with van der Waals surface area (Å²) in [6, 6.07) is 78.1. The molecule has 0 bridgehead atoms. The molecule has 6 nitrogen and oxygen atoms in total. The van der Waals surface area contributed by atoms with Crippen LogP contribution in [0, 0.1) is 13.8 Å². The van der Waals surface area contributed by atoms with E-state index in [-0.39, 0.29) is 13.4 Å². The minimum atomic E-state index is -0.433. The molecule has 0 amide bonds. The van der Waals surface area contributed by atoms with Gasteiger partial charge in [0.1, 0.15) is 46.0 Å². The highest BCUT2D eigenvalue weighted by molar-refractivity contribution is 7.03. The molecule has 0 N–H and O–H groups in total. The van der Waals surface area contributed by atoms with Crippen molar-refractivity contribution < 1.29 is 18.9 Å². The average molecular weight is 1060 g/mol. The molecule has 0 saturated carbocycles. The fraction of sp³-hybridized carbons (Fsp3) is 0.108. The minimum Gasteiger partial charge on any atom is -0.458 e. The Morgan fingerprint density at radius 1 is 0.366 bits per heavy atom. The highest BCUT2D eigenvalue weighted by atomic mass is 16.5. The lowest BCUT2D eigenvalue weighted by molar-refractivity contribution is 0.451. The minimum absolute atomic E-state index is 0.154. The highest BCUT2D eigenvalue weighted by Gasteiger charge is 2.54. The molecule has 11 aromatic carbocycles. The first kappa shape index (κ1) is 47.2. The van der Waals surface area contributed by atoms with Gasteiger partial charge in [0.25, 0.3) is 13.4 Å². The van der Waals surface area contributed by atoms with Gasteiger partial charge in [0, 0.05) is 61.5 Å². The molecule has 0 spiro atoms. The van der Waals surface area contributed by atoms with Crippen molar-refractivity contribution >= 4 is 80.3 Å². The molecule has 0 unspecified atom stereocenters. The van der Waals surface area contributed by atoms with Gasteiger partial charge in [0.05, 0.1) is 0 Å². The van der Waals surface area contributed by atoms with E-state index in [0.29, 0.717) is 0 Å². The number of hydrogen-bond donors (Lipinski definition) is 0. The van der Waals surface area contributed by atoms with Crippen LogP contribution in [-0.4, -0.2) is 13.4 Å². The lowest BCUT2D eigenvalue weighted by Crippen LogP contribution is -2.65. The van der Waals surface area contributed by atoms with Crippen LogP contribution in [0.3, 0.4) is 0 Å². The SMILES string of the molecule is Cc1c2c(c(C)c3c1B1c4ccccc4N(c4ccccc4)c4c1c(cc1c4C(C)(C)c4cc(Oc5ccccc5)ccc4-1)N3c1ccccc1)Oc1cc3c(c4c1B2c1ccccc1O4)C(C)(C)c1cc(Oc2ccccc2)ccc1-3. The molecule has 17 rings (SSSR count). The number of anilines is 6. The van der Waals surface area contributed by atoms with Crippen LogP contribution in [-0.2, 0) is 10.8 Å². The summed E-state index contributed by atoms with van der Waals surface area (Å²) in [4.78, 5) is 5.14. The van der Waals surface area contributed by atoms with E-state index in [2.05, 4.69) is 209 Å². The molecule has 390 valence electrons. The normalized spacial score (nSPS) is 15.0. The number of hydrogen-bond acceptors (Lipinski definition) is 6. The van der Waals surface area contributed by atoms with Gasteiger partial charge in [-0.1, -0.05) is 155 Å². The van der Waals surface area contributed by atoms with Crippen LogP contribution < -0.4 is 61.5 Å². The molecule has 0 aromatic heterocycles. The molecule has 11 aromatic rings. The Morgan fingerprint density at radius 3 is 1.49 bits per heavy atom. The van der Waals surface area contributed by atoms with Gasteiger partial charge in [0.15, 0.2) is 0 Å². The Labute approximate surface area is 479 Å². The smallest absolute Gasteiger partial charge is 0.261 e. The fourth-order valence-electron chi connectivity index (χ4n) is 15.3. The first-order valence-corrected chi connectivity index (χ1v) is 28.6. The predicted octanol–water partition coefficient (Wildman–Crippen LogP) is 15.3. The molecular formula is C74H54B2N2O4. The van der Waals surface area contributed by atoms with Gasteiger partial charge in [-0.15, -0.1) is 0 Å². The van der Waals surface area contributed by atoms with Crippen molar-refractivity contribution in [3.8, 4) is 68.2 Å². The van der Waals surface area contributed by atoms with Crippen molar-refractivity contribution in [2.75, 3.05) is 9.80 Å². The van der Waals surface area contributed by atoms with Gasteiger partial charge in [-0.05, 0) is 177 Å². The number of benzene rings is 11. The van der Waals surface area contributed by atoms with Gasteiger partial charge in [0.2, 0.25) is 0 Å². The Hall–Kier alpha value is -9.65. The maximum Gasteiger partial charge on any atom is 0.261 e. The van der Waals surface area contributed by atoms with Crippen molar-refractivity contribution in [2.24, 2.45) is 0 Å². The molecule has 0 radical (unpaired) electrons. The molecule has 2 aliphatic carbocycles. The van der Waals surface area contributed by atoms with Crippen LogP contribution >= 0.6 is 0 Å². The molecule has 4 heterocycles. The number of para-hydroxylation sites is 6. The number of nitrogens with zero attached hydrogens (tertiary/aromatic N) is 2. The van der Waals surface area contributed by atoms with Crippen LogP contribution in [0.2, 0.25) is 0 Å². The molecule has 8 heteroatoms. The Bertz CT molecular complexity index is 4560. The molecule has 0 fully saturated rings. The Balaban J connectivity index is 0.936.